The Morgan fingerprint density at radius 2 is 2.47 bits per heavy atom. The van der Waals surface area contributed by atoms with E-state index in [1.54, 1.807) is 11.0 Å². The number of hydrogen-bond acceptors (Lipinski definition) is 4. The Balaban J connectivity index is 1.82. The molecule has 1 atom stereocenters. The average Bonchev–Trinajstić information content (AvgIpc) is 3.00. The molecule has 1 aromatic rings. The van der Waals surface area contributed by atoms with Crippen LogP contribution in [0.5, 0.6) is 0 Å². The van der Waals surface area contributed by atoms with Crippen LogP contribution in [-0.4, -0.2) is 40.3 Å². The van der Waals surface area contributed by atoms with Crippen LogP contribution in [0.1, 0.15) is 32.0 Å². The monoisotopic (exact) mass is 265 g/mol. The number of carbonyl (C=O) groups is 1. The molecule has 2 rings (SSSR count). The van der Waals surface area contributed by atoms with Crippen LogP contribution >= 0.6 is 0 Å². The van der Waals surface area contributed by atoms with Gasteiger partial charge in [0, 0.05) is 26.6 Å². The lowest BCUT2D eigenvalue weighted by atomic mass is 9.81. The van der Waals surface area contributed by atoms with Gasteiger partial charge in [-0.25, -0.2) is 4.98 Å². The van der Waals surface area contributed by atoms with E-state index in [1.807, 2.05) is 7.05 Å². The fraction of sp³-hybridized carbons (Fsp3) is 0.769. The van der Waals surface area contributed by atoms with Crippen molar-refractivity contribution >= 4 is 5.91 Å². The van der Waals surface area contributed by atoms with Gasteiger partial charge in [0.25, 0.3) is 0 Å². The number of nitrogens with one attached hydrogen (secondary N) is 2. The lowest BCUT2D eigenvalue weighted by Crippen LogP contribution is -2.43. The number of rotatable bonds is 6. The van der Waals surface area contributed by atoms with E-state index in [0.29, 0.717) is 13.0 Å². The van der Waals surface area contributed by atoms with Crippen LogP contribution in [-0.2, 0) is 18.3 Å². The zero-order chi connectivity index (χ0) is 13.7. The average molecular weight is 265 g/mol. The van der Waals surface area contributed by atoms with E-state index in [4.69, 9.17) is 0 Å². The maximum atomic E-state index is 12.4. The molecule has 1 saturated heterocycles. The summed E-state index contributed by atoms with van der Waals surface area (Å²) in [6.45, 7) is 4.48. The van der Waals surface area contributed by atoms with Crippen molar-refractivity contribution in [2.45, 2.75) is 32.6 Å². The van der Waals surface area contributed by atoms with Crippen LogP contribution in [0.3, 0.4) is 0 Å². The smallest absolute Gasteiger partial charge is 0.227 e. The van der Waals surface area contributed by atoms with Crippen LogP contribution in [0.15, 0.2) is 6.33 Å². The topological polar surface area (TPSA) is 71.8 Å². The van der Waals surface area contributed by atoms with Gasteiger partial charge in [-0.3, -0.25) is 9.48 Å². The largest absolute Gasteiger partial charge is 0.355 e. The molecule has 2 heterocycles. The summed E-state index contributed by atoms with van der Waals surface area (Å²) in [5, 5.41) is 10.5. The molecule has 1 fully saturated rings. The van der Waals surface area contributed by atoms with E-state index in [2.05, 4.69) is 27.6 Å². The third-order valence-corrected chi connectivity index (χ3v) is 3.74. The summed E-state index contributed by atoms with van der Waals surface area (Å²) < 4.78 is 1.68. The maximum Gasteiger partial charge on any atom is 0.227 e. The van der Waals surface area contributed by atoms with E-state index in [0.717, 1.165) is 38.2 Å². The first-order valence-electron chi connectivity index (χ1n) is 7.00. The van der Waals surface area contributed by atoms with Crippen LogP contribution in [0, 0.1) is 5.41 Å². The maximum absolute atomic E-state index is 12.4. The van der Waals surface area contributed by atoms with Crippen molar-refractivity contribution in [2.24, 2.45) is 12.5 Å². The lowest BCUT2D eigenvalue weighted by molar-refractivity contribution is -0.130. The zero-order valence-corrected chi connectivity index (χ0v) is 11.8. The Morgan fingerprint density at radius 3 is 3.05 bits per heavy atom. The molecule has 0 bridgehead atoms. The van der Waals surface area contributed by atoms with Gasteiger partial charge >= 0.3 is 0 Å². The van der Waals surface area contributed by atoms with Gasteiger partial charge in [0.1, 0.15) is 6.33 Å². The van der Waals surface area contributed by atoms with Gasteiger partial charge in [0.05, 0.1) is 5.41 Å². The molecule has 106 valence electrons. The Bertz CT molecular complexity index is 422. The van der Waals surface area contributed by atoms with E-state index in [1.165, 1.54) is 0 Å². The van der Waals surface area contributed by atoms with E-state index in [9.17, 15) is 4.79 Å². The second-order valence-corrected chi connectivity index (χ2v) is 5.30. The molecule has 6 heteroatoms. The predicted octanol–water partition coefficient (Wildman–Crippen LogP) is 0.254. The van der Waals surface area contributed by atoms with Gasteiger partial charge in [-0.05, 0) is 19.4 Å². The second kappa shape index (κ2) is 6.14. The third kappa shape index (κ3) is 3.32. The van der Waals surface area contributed by atoms with Crippen molar-refractivity contribution < 1.29 is 4.79 Å². The van der Waals surface area contributed by atoms with Crippen LogP contribution in [0.25, 0.3) is 0 Å². The summed E-state index contributed by atoms with van der Waals surface area (Å²) in [6.07, 6.45) is 5.29. The van der Waals surface area contributed by atoms with Crippen LogP contribution in [0.2, 0.25) is 0 Å². The van der Waals surface area contributed by atoms with E-state index < -0.39 is 0 Å². The highest BCUT2D eigenvalue weighted by Crippen LogP contribution is 2.31. The minimum Gasteiger partial charge on any atom is -0.355 e. The Morgan fingerprint density at radius 1 is 1.63 bits per heavy atom. The van der Waals surface area contributed by atoms with E-state index >= 15 is 0 Å². The molecule has 0 spiro atoms. The summed E-state index contributed by atoms with van der Waals surface area (Å²) in [6, 6.07) is 0. The molecular weight excluding hydrogens is 242 g/mol. The summed E-state index contributed by atoms with van der Waals surface area (Å²) in [5.41, 5.74) is -0.202. The molecule has 1 aromatic heterocycles. The Labute approximate surface area is 114 Å². The summed E-state index contributed by atoms with van der Waals surface area (Å²) in [5.74, 6) is 0.951. The highest BCUT2D eigenvalue weighted by atomic mass is 16.2. The number of hydrogen-bond donors (Lipinski definition) is 2. The van der Waals surface area contributed by atoms with Gasteiger partial charge in [-0.15, -0.1) is 0 Å². The van der Waals surface area contributed by atoms with Crippen molar-refractivity contribution in [1.29, 1.82) is 0 Å². The molecule has 19 heavy (non-hydrogen) atoms. The minimum absolute atomic E-state index is 0.176. The fourth-order valence-electron chi connectivity index (χ4n) is 2.72. The van der Waals surface area contributed by atoms with Crippen molar-refractivity contribution in [1.82, 2.24) is 25.4 Å². The molecule has 1 aliphatic rings. The van der Waals surface area contributed by atoms with Crippen molar-refractivity contribution in [3.63, 3.8) is 0 Å². The SMILES string of the molecule is CCCC1(C(=O)NCCc2ncn(C)n2)CCNC1. The standard InChI is InChI=1S/C13H23N5O/c1-3-5-13(6-8-14-9-13)12(19)15-7-4-11-16-10-18(2)17-11/h10,14H,3-9H2,1-2H3,(H,15,19). The fourth-order valence-corrected chi connectivity index (χ4v) is 2.72. The summed E-state index contributed by atoms with van der Waals surface area (Å²) in [4.78, 5) is 16.5. The summed E-state index contributed by atoms with van der Waals surface area (Å²) in [7, 11) is 1.84. The summed E-state index contributed by atoms with van der Waals surface area (Å²) >= 11 is 0. The minimum atomic E-state index is -0.202. The number of aromatic nitrogens is 3. The van der Waals surface area contributed by atoms with Gasteiger partial charge < -0.3 is 10.6 Å². The zero-order valence-electron chi connectivity index (χ0n) is 11.8. The van der Waals surface area contributed by atoms with Crippen molar-refractivity contribution in [3.05, 3.63) is 12.2 Å². The number of carbonyl (C=O) groups excluding carboxylic acids is 1. The van der Waals surface area contributed by atoms with Gasteiger partial charge in [-0.1, -0.05) is 13.3 Å². The normalized spacial score (nSPS) is 22.6. The molecule has 1 aliphatic heterocycles. The van der Waals surface area contributed by atoms with Gasteiger partial charge in [0.15, 0.2) is 5.82 Å². The Kier molecular flexibility index (Phi) is 4.52. The quantitative estimate of drug-likeness (QED) is 0.773. The van der Waals surface area contributed by atoms with Crippen molar-refractivity contribution in [2.75, 3.05) is 19.6 Å². The Hall–Kier alpha value is -1.43. The number of amides is 1. The first kappa shape index (κ1) is 14.0. The molecule has 2 N–H and O–H groups in total. The first-order chi connectivity index (χ1) is 9.16. The second-order valence-electron chi connectivity index (χ2n) is 5.30. The molecule has 1 amide bonds. The molecule has 0 saturated carbocycles. The van der Waals surface area contributed by atoms with Gasteiger partial charge in [0.2, 0.25) is 5.91 Å². The van der Waals surface area contributed by atoms with E-state index in [-0.39, 0.29) is 11.3 Å². The lowest BCUT2D eigenvalue weighted by Gasteiger charge is -2.26. The first-order valence-corrected chi connectivity index (χ1v) is 7.00. The van der Waals surface area contributed by atoms with Crippen molar-refractivity contribution in [3.8, 4) is 0 Å². The number of aryl methyl sites for hydroxylation is 1. The molecule has 0 aromatic carbocycles. The highest BCUT2D eigenvalue weighted by Gasteiger charge is 2.39. The van der Waals surface area contributed by atoms with Crippen LogP contribution in [0.4, 0.5) is 0 Å². The van der Waals surface area contributed by atoms with Gasteiger partial charge in [-0.2, -0.15) is 5.10 Å². The number of nitrogens with zero attached hydrogens (tertiary/aromatic N) is 3. The molecule has 1 unspecified atom stereocenters. The molecular formula is C13H23N5O. The van der Waals surface area contributed by atoms with Crippen LogP contribution < -0.4 is 10.6 Å². The molecule has 0 aliphatic carbocycles. The third-order valence-electron chi connectivity index (χ3n) is 3.74. The predicted molar refractivity (Wildman–Crippen MR) is 72.5 cm³/mol. The molecule has 0 radical (unpaired) electrons. The highest BCUT2D eigenvalue weighted by molar-refractivity contribution is 5.83. The molecule has 6 nitrogen and oxygen atoms in total.